The van der Waals surface area contributed by atoms with Gasteiger partial charge < -0.3 is 15.8 Å². The molecule has 0 bridgehead atoms. The highest BCUT2D eigenvalue weighted by molar-refractivity contribution is 7.92. The van der Waals surface area contributed by atoms with Crippen molar-refractivity contribution in [1.82, 2.24) is 0 Å². The molecule has 1 aromatic heterocycles. The van der Waals surface area contributed by atoms with Crippen molar-refractivity contribution in [2.75, 3.05) is 22.0 Å². The van der Waals surface area contributed by atoms with Gasteiger partial charge in [0.25, 0.3) is 10.1 Å². The van der Waals surface area contributed by atoms with Crippen molar-refractivity contribution in [3.8, 4) is 22.6 Å². The molecule has 0 aliphatic rings. The fourth-order valence-electron chi connectivity index (χ4n) is 4.96. The molecular formula is C32H25ClN3O7S2+. The second-order valence-electron chi connectivity index (χ2n) is 10.2. The summed E-state index contributed by atoms with van der Waals surface area (Å²) in [6.07, 6.45) is 1.05. The Kier molecular flexibility index (Phi) is 7.75. The number of benzene rings is 5. The summed E-state index contributed by atoms with van der Waals surface area (Å²) in [7, 11) is -8.05. The molecule has 45 heavy (non-hydrogen) atoms. The third-order valence-electron chi connectivity index (χ3n) is 6.81. The van der Waals surface area contributed by atoms with Crippen molar-refractivity contribution in [2.45, 2.75) is 4.90 Å². The van der Waals surface area contributed by atoms with Crippen molar-refractivity contribution in [3.05, 3.63) is 108 Å². The first-order valence-electron chi connectivity index (χ1n) is 13.3. The Morgan fingerprint density at radius 3 is 2.22 bits per heavy atom. The molecule has 6 aromatic rings. The van der Waals surface area contributed by atoms with Gasteiger partial charge in [-0.15, -0.1) is 0 Å². The average Bonchev–Trinajstić information content (AvgIpc) is 2.97. The molecular weight excluding hydrogens is 638 g/mol. The number of para-hydroxylation sites is 2. The smallest absolute Gasteiger partial charge is 0.363 e. The average molecular weight is 663 g/mol. The Bertz CT molecular complexity index is 2350. The standard InChI is InChI=1S/C32H24ClN3O7S2/c1-44(37,38)36-27-7-3-4-8-28(27)42-21-12-15-26(25(33)18-21)35-20-11-14-23-30(17-20)43-29-16-19(34)10-13-22(29)32(23)24-6-2-5-9-31(24)45(39,40)41/h2-18,35-36H,34H2,1H3/p+1. The van der Waals surface area contributed by atoms with E-state index in [0.29, 0.717) is 66.6 Å². The summed E-state index contributed by atoms with van der Waals surface area (Å²) in [5.74, 6) is 0.683. The molecule has 0 spiro atoms. The van der Waals surface area contributed by atoms with Gasteiger partial charge in [0.05, 0.1) is 45.6 Å². The molecule has 0 radical (unpaired) electrons. The second kappa shape index (κ2) is 11.6. The molecule has 0 amide bonds. The number of halogens is 1. The number of hydrogen-bond donors (Lipinski definition) is 4. The lowest BCUT2D eigenvalue weighted by molar-refractivity contribution is 0.483. The van der Waals surface area contributed by atoms with Crippen LogP contribution in [0.15, 0.2) is 112 Å². The molecule has 10 nitrogen and oxygen atoms in total. The minimum Gasteiger partial charge on any atom is -0.455 e. The van der Waals surface area contributed by atoms with E-state index in [4.69, 9.17) is 26.5 Å². The molecule has 0 saturated carbocycles. The van der Waals surface area contributed by atoms with Crippen molar-refractivity contribution < 1.29 is 30.5 Å². The van der Waals surface area contributed by atoms with Crippen LogP contribution in [-0.4, -0.2) is 27.6 Å². The van der Waals surface area contributed by atoms with Crippen molar-refractivity contribution in [3.63, 3.8) is 0 Å². The lowest BCUT2D eigenvalue weighted by Gasteiger charge is -2.14. The van der Waals surface area contributed by atoms with Crippen LogP contribution >= 0.6 is 11.6 Å². The first kappa shape index (κ1) is 30.2. The predicted octanol–water partition coefficient (Wildman–Crippen LogP) is 7.92. The van der Waals surface area contributed by atoms with E-state index in [0.717, 1.165) is 6.26 Å². The zero-order valence-electron chi connectivity index (χ0n) is 23.5. The van der Waals surface area contributed by atoms with Gasteiger partial charge in [-0.1, -0.05) is 41.9 Å². The maximum Gasteiger partial charge on any atom is 0.363 e. The number of sulfonamides is 1. The lowest BCUT2D eigenvalue weighted by atomic mass is 9.96. The van der Waals surface area contributed by atoms with Gasteiger partial charge in [0.2, 0.25) is 10.0 Å². The molecule has 0 aliphatic heterocycles. The van der Waals surface area contributed by atoms with Gasteiger partial charge in [-0.2, -0.15) is 8.42 Å². The predicted molar refractivity (Wildman–Crippen MR) is 178 cm³/mol. The Labute approximate surface area is 263 Å². The van der Waals surface area contributed by atoms with Crippen LogP contribution in [0.2, 0.25) is 5.02 Å². The number of ether oxygens (including phenoxy) is 1. The molecule has 1 heterocycles. The first-order valence-corrected chi connectivity index (χ1v) is 17.0. The van der Waals surface area contributed by atoms with Crippen LogP contribution in [0.3, 0.4) is 0 Å². The van der Waals surface area contributed by atoms with E-state index in [1.165, 1.54) is 12.1 Å². The summed E-state index contributed by atoms with van der Waals surface area (Å²) in [6.45, 7) is 0. The number of fused-ring (bicyclic) bond motifs is 2. The third kappa shape index (κ3) is 6.49. The van der Waals surface area contributed by atoms with Crippen molar-refractivity contribution in [1.29, 1.82) is 0 Å². The largest absolute Gasteiger partial charge is 0.455 e. The summed E-state index contributed by atoms with van der Waals surface area (Å²) in [6, 6.07) is 28.2. The van der Waals surface area contributed by atoms with Gasteiger partial charge >= 0.3 is 11.2 Å². The number of hydrogen-bond acceptors (Lipinski definition) is 7. The molecule has 0 atom stereocenters. The topological polar surface area (TPSA) is 159 Å². The maximum atomic E-state index is 12.3. The van der Waals surface area contributed by atoms with E-state index in [1.807, 2.05) is 0 Å². The van der Waals surface area contributed by atoms with Crippen LogP contribution in [-0.2, 0) is 20.1 Å². The first-order chi connectivity index (χ1) is 21.4. The summed E-state index contributed by atoms with van der Waals surface area (Å²) in [5.41, 5.74) is 9.64. The SMILES string of the molecule is CS(=O)(=O)Nc1ccccc1Oc1ccc(Nc2ccc3c(-c4ccccc4S(=O)(=O)O)c4ccc(N)cc4[o+]c3c2)c(Cl)c1. The summed E-state index contributed by atoms with van der Waals surface area (Å²) in [4.78, 5) is -0.235. The summed E-state index contributed by atoms with van der Waals surface area (Å²) >= 11 is 6.60. The molecule has 13 heteroatoms. The van der Waals surface area contributed by atoms with Gasteiger partial charge in [-0.05, 0) is 54.6 Å². The summed E-state index contributed by atoms with van der Waals surface area (Å²) < 4.78 is 72.6. The molecule has 5 N–H and O–H groups in total. The Balaban J connectivity index is 1.38. The Morgan fingerprint density at radius 2 is 1.49 bits per heavy atom. The minimum atomic E-state index is -4.54. The molecule has 0 unspecified atom stereocenters. The number of rotatable bonds is 8. The quantitative estimate of drug-likeness (QED) is 0.0549. The number of nitrogen functional groups attached to an aromatic ring is 1. The van der Waals surface area contributed by atoms with Crippen LogP contribution in [0, 0.1) is 0 Å². The maximum absolute atomic E-state index is 12.3. The monoisotopic (exact) mass is 662 g/mol. The zero-order chi connectivity index (χ0) is 31.9. The van der Waals surface area contributed by atoms with E-state index in [1.54, 1.807) is 91.0 Å². The van der Waals surface area contributed by atoms with Crippen LogP contribution in [0.5, 0.6) is 11.5 Å². The minimum absolute atomic E-state index is 0.235. The summed E-state index contributed by atoms with van der Waals surface area (Å²) in [5, 5.41) is 4.79. The number of nitrogens with one attached hydrogen (secondary N) is 2. The van der Waals surface area contributed by atoms with Crippen molar-refractivity contribution >= 4 is 76.4 Å². The number of nitrogens with two attached hydrogens (primary N) is 1. The highest BCUT2D eigenvalue weighted by atomic mass is 35.5. The van der Waals surface area contributed by atoms with E-state index in [9.17, 15) is 21.4 Å². The zero-order valence-corrected chi connectivity index (χ0v) is 25.9. The van der Waals surface area contributed by atoms with E-state index < -0.39 is 20.1 Å². The van der Waals surface area contributed by atoms with Crippen LogP contribution in [0.25, 0.3) is 33.1 Å². The Morgan fingerprint density at radius 1 is 0.800 bits per heavy atom. The molecule has 0 fully saturated rings. The molecule has 6 rings (SSSR count). The van der Waals surface area contributed by atoms with Gasteiger partial charge in [-0.25, -0.2) is 12.8 Å². The lowest BCUT2D eigenvalue weighted by Crippen LogP contribution is -2.10. The fourth-order valence-corrected chi connectivity index (χ4v) is 6.44. The molecule has 0 aliphatic carbocycles. The molecule has 5 aromatic carbocycles. The van der Waals surface area contributed by atoms with E-state index in [-0.39, 0.29) is 10.6 Å². The van der Waals surface area contributed by atoms with Gasteiger partial charge in [0.1, 0.15) is 10.6 Å². The van der Waals surface area contributed by atoms with Crippen LogP contribution in [0.1, 0.15) is 0 Å². The Hall–Kier alpha value is -4.88. The molecule has 0 saturated heterocycles. The second-order valence-corrected chi connectivity index (χ2v) is 13.7. The number of anilines is 4. The van der Waals surface area contributed by atoms with E-state index >= 15 is 0 Å². The van der Waals surface area contributed by atoms with Crippen LogP contribution < -0.4 is 20.5 Å². The highest BCUT2D eigenvalue weighted by Crippen LogP contribution is 2.41. The fraction of sp³-hybridized carbons (Fsp3) is 0.0312. The van der Waals surface area contributed by atoms with Gasteiger partial charge in [-0.3, -0.25) is 9.27 Å². The van der Waals surface area contributed by atoms with Crippen molar-refractivity contribution in [2.24, 2.45) is 0 Å². The molecule has 228 valence electrons. The van der Waals surface area contributed by atoms with Crippen LogP contribution in [0.4, 0.5) is 22.7 Å². The third-order valence-corrected chi connectivity index (χ3v) is 8.63. The normalized spacial score (nSPS) is 11.9. The highest BCUT2D eigenvalue weighted by Gasteiger charge is 2.25. The van der Waals surface area contributed by atoms with Gasteiger partial charge in [0.15, 0.2) is 5.75 Å². The van der Waals surface area contributed by atoms with Gasteiger partial charge in [0, 0.05) is 28.6 Å². The van der Waals surface area contributed by atoms with E-state index in [2.05, 4.69) is 10.0 Å².